The fourth-order valence-electron chi connectivity index (χ4n) is 2.94. The van der Waals surface area contributed by atoms with Gasteiger partial charge in [0.1, 0.15) is 0 Å². The van der Waals surface area contributed by atoms with Crippen molar-refractivity contribution in [1.29, 1.82) is 0 Å². The Bertz CT molecular complexity index is 1170. The first-order valence-electron chi connectivity index (χ1n) is 10.3. The average Bonchev–Trinajstić information content (AvgIpc) is 3.45. The van der Waals surface area contributed by atoms with E-state index in [1.54, 1.807) is 30.3 Å². The first-order valence-corrected chi connectivity index (χ1v) is 10.3. The standard InChI is InChI=1S/C24H21N3O6/c28-21(25-19-4-1-3-16(13-19)22(29)26-18-10-11-18)14-33-24(31)15-6-8-17(9-7-15)27-23(30)20-5-2-12-32-20/h1-9,12-13,18H,10-11,14H2,(H,25,28)(H,26,29)(H,27,30). The van der Waals surface area contributed by atoms with Crippen LogP contribution < -0.4 is 16.0 Å². The summed E-state index contributed by atoms with van der Waals surface area (Å²) >= 11 is 0. The molecule has 2 aromatic carbocycles. The maximum absolute atomic E-state index is 12.2. The molecule has 1 heterocycles. The van der Waals surface area contributed by atoms with Crippen molar-refractivity contribution in [1.82, 2.24) is 5.32 Å². The topological polar surface area (TPSA) is 127 Å². The number of rotatable bonds is 8. The maximum Gasteiger partial charge on any atom is 0.338 e. The zero-order valence-corrected chi connectivity index (χ0v) is 17.5. The summed E-state index contributed by atoms with van der Waals surface area (Å²) in [5.74, 6) is -1.67. The van der Waals surface area contributed by atoms with Crippen LogP contribution in [0.5, 0.6) is 0 Å². The molecule has 1 aliphatic carbocycles. The van der Waals surface area contributed by atoms with Crippen LogP contribution >= 0.6 is 0 Å². The molecule has 3 amide bonds. The van der Waals surface area contributed by atoms with Crippen LogP contribution in [0.25, 0.3) is 0 Å². The highest BCUT2D eigenvalue weighted by molar-refractivity contribution is 6.02. The van der Waals surface area contributed by atoms with Crippen molar-refractivity contribution in [3.05, 3.63) is 83.8 Å². The van der Waals surface area contributed by atoms with Crippen molar-refractivity contribution in [3.63, 3.8) is 0 Å². The van der Waals surface area contributed by atoms with Crippen LogP contribution in [-0.4, -0.2) is 36.3 Å². The van der Waals surface area contributed by atoms with Gasteiger partial charge in [0.25, 0.3) is 17.7 Å². The summed E-state index contributed by atoms with van der Waals surface area (Å²) in [6.07, 6.45) is 3.36. The molecule has 3 N–H and O–H groups in total. The van der Waals surface area contributed by atoms with Crippen LogP contribution in [0.1, 0.15) is 44.1 Å². The van der Waals surface area contributed by atoms with E-state index in [1.165, 1.54) is 36.6 Å². The number of furan rings is 1. The Labute approximate surface area is 189 Å². The smallest absolute Gasteiger partial charge is 0.338 e. The van der Waals surface area contributed by atoms with Gasteiger partial charge in [-0.1, -0.05) is 6.07 Å². The Morgan fingerprint density at radius 2 is 1.64 bits per heavy atom. The van der Waals surface area contributed by atoms with E-state index in [0.717, 1.165) is 12.8 Å². The van der Waals surface area contributed by atoms with Gasteiger partial charge >= 0.3 is 5.97 Å². The largest absolute Gasteiger partial charge is 0.459 e. The number of hydrogen-bond acceptors (Lipinski definition) is 6. The van der Waals surface area contributed by atoms with Crippen LogP contribution in [-0.2, 0) is 9.53 Å². The van der Waals surface area contributed by atoms with E-state index in [4.69, 9.17) is 9.15 Å². The Morgan fingerprint density at radius 1 is 0.848 bits per heavy atom. The van der Waals surface area contributed by atoms with E-state index >= 15 is 0 Å². The number of hydrogen-bond donors (Lipinski definition) is 3. The second kappa shape index (κ2) is 9.82. The van der Waals surface area contributed by atoms with Crippen LogP contribution in [0, 0.1) is 0 Å². The molecule has 33 heavy (non-hydrogen) atoms. The monoisotopic (exact) mass is 447 g/mol. The number of amides is 3. The van der Waals surface area contributed by atoms with Gasteiger partial charge in [-0.3, -0.25) is 14.4 Å². The van der Waals surface area contributed by atoms with Crippen molar-refractivity contribution < 1.29 is 28.3 Å². The van der Waals surface area contributed by atoms with Crippen LogP contribution in [0.15, 0.2) is 71.3 Å². The predicted molar refractivity (Wildman–Crippen MR) is 119 cm³/mol. The van der Waals surface area contributed by atoms with Crippen molar-refractivity contribution in [2.75, 3.05) is 17.2 Å². The predicted octanol–water partition coefficient (Wildman–Crippen LogP) is 3.22. The van der Waals surface area contributed by atoms with Crippen LogP contribution in [0.3, 0.4) is 0 Å². The third-order valence-electron chi connectivity index (χ3n) is 4.78. The van der Waals surface area contributed by atoms with Gasteiger partial charge in [-0.2, -0.15) is 0 Å². The molecule has 0 spiro atoms. The zero-order valence-electron chi connectivity index (χ0n) is 17.5. The lowest BCUT2D eigenvalue weighted by Gasteiger charge is -2.09. The highest BCUT2D eigenvalue weighted by Crippen LogP contribution is 2.20. The van der Waals surface area contributed by atoms with Crippen LogP contribution in [0.4, 0.5) is 11.4 Å². The SMILES string of the molecule is O=C(COC(=O)c1ccc(NC(=O)c2ccco2)cc1)Nc1cccc(C(=O)NC2CC2)c1. The third kappa shape index (κ3) is 6.07. The number of carbonyl (C=O) groups is 4. The van der Waals surface area contributed by atoms with Gasteiger partial charge in [0, 0.05) is 23.0 Å². The van der Waals surface area contributed by atoms with Gasteiger partial charge in [-0.15, -0.1) is 0 Å². The number of esters is 1. The number of nitrogens with one attached hydrogen (secondary N) is 3. The molecule has 9 nitrogen and oxygen atoms in total. The zero-order chi connectivity index (χ0) is 23.2. The van der Waals surface area contributed by atoms with Gasteiger partial charge in [-0.05, 0) is 67.4 Å². The Kier molecular flexibility index (Phi) is 6.49. The molecule has 1 saturated carbocycles. The maximum atomic E-state index is 12.2. The molecular formula is C24H21N3O6. The molecule has 4 rings (SSSR count). The minimum atomic E-state index is -0.688. The van der Waals surface area contributed by atoms with Gasteiger partial charge in [-0.25, -0.2) is 4.79 Å². The molecule has 9 heteroatoms. The minimum Gasteiger partial charge on any atom is -0.459 e. The van der Waals surface area contributed by atoms with Crippen molar-refractivity contribution in [3.8, 4) is 0 Å². The normalized spacial score (nSPS) is 12.5. The lowest BCUT2D eigenvalue weighted by atomic mass is 10.2. The van der Waals surface area contributed by atoms with Gasteiger partial charge in [0.2, 0.25) is 0 Å². The molecule has 1 aromatic heterocycles. The molecule has 0 unspecified atom stereocenters. The van der Waals surface area contributed by atoms with Crippen molar-refractivity contribution in [2.45, 2.75) is 18.9 Å². The van der Waals surface area contributed by atoms with E-state index in [2.05, 4.69) is 16.0 Å². The molecule has 3 aromatic rings. The summed E-state index contributed by atoms with van der Waals surface area (Å²) in [6.45, 7) is -0.492. The van der Waals surface area contributed by atoms with Gasteiger partial charge in [0.05, 0.1) is 11.8 Å². The summed E-state index contributed by atoms with van der Waals surface area (Å²) in [6, 6.07) is 15.9. The molecule has 168 valence electrons. The summed E-state index contributed by atoms with van der Waals surface area (Å²) in [4.78, 5) is 48.5. The fourth-order valence-corrected chi connectivity index (χ4v) is 2.94. The highest BCUT2D eigenvalue weighted by atomic mass is 16.5. The number of carbonyl (C=O) groups excluding carboxylic acids is 4. The summed E-state index contributed by atoms with van der Waals surface area (Å²) in [5, 5.41) is 8.12. The summed E-state index contributed by atoms with van der Waals surface area (Å²) in [5.41, 5.74) is 1.56. The Hall–Kier alpha value is -4.40. The fraction of sp³-hybridized carbons (Fsp3) is 0.167. The van der Waals surface area contributed by atoms with E-state index in [9.17, 15) is 19.2 Å². The molecular weight excluding hydrogens is 426 g/mol. The molecule has 1 aliphatic rings. The molecule has 0 bridgehead atoms. The molecule has 1 fully saturated rings. The van der Waals surface area contributed by atoms with Gasteiger partial charge in [0.15, 0.2) is 12.4 Å². The highest BCUT2D eigenvalue weighted by Gasteiger charge is 2.23. The van der Waals surface area contributed by atoms with Crippen LogP contribution in [0.2, 0.25) is 0 Å². The lowest BCUT2D eigenvalue weighted by Crippen LogP contribution is -2.25. The van der Waals surface area contributed by atoms with Crippen molar-refractivity contribution in [2.24, 2.45) is 0 Å². The summed E-state index contributed by atoms with van der Waals surface area (Å²) < 4.78 is 10.1. The summed E-state index contributed by atoms with van der Waals surface area (Å²) in [7, 11) is 0. The third-order valence-corrected chi connectivity index (χ3v) is 4.78. The Balaban J connectivity index is 1.25. The minimum absolute atomic E-state index is 0.165. The van der Waals surface area contributed by atoms with Gasteiger partial charge < -0.3 is 25.1 Å². The van der Waals surface area contributed by atoms with Crippen molar-refractivity contribution >= 4 is 35.1 Å². The van der Waals surface area contributed by atoms with E-state index in [0.29, 0.717) is 16.9 Å². The lowest BCUT2D eigenvalue weighted by molar-refractivity contribution is -0.119. The molecule has 0 saturated heterocycles. The average molecular weight is 447 g/mol. The molecule has 0 radical (unpaired) electrons. The molecule has 0 atom stereocenters. The first-order chi connectivity index (χ1) is 16.0. The van der Waals surface area contributed by atoms with E-state index in [-0.39, 0.29) is 23.3 Å². The Morgan fingerprint density at radius 3 is 2.33 bits per heavy atom. The number of ether oxygens (including phenoxy) is 1. The second-order valence-electron chi connectivity index (χ2n) is 7.46. The van der Waals surface area contributed by atoms with E-state index in [1.807, 2.05) is 0 Å². The first kappa shape index (κ1) is 21.8. The quantitative estimate of drug-likeness (QED) is 0.455. The number of benzene rings is 2. The number of anilines is 2. The van der Waals surface area contributed by atoms with E-state index < -0.39 is 24.4 Å². The molecule has 0 aliphatic heterocycles. The second-order valence-corrected chi connectivity index (χ2v) is 7.46.